The number of carbonyl (C=O) groups is 1. The molecular formula is C13H15N3O5S. The summed E-state index contributed by atoms with van der Waals surface area (Å²) in [6.07, 6.45) is 1.11. The number of anilines is 1. The monoisotopic (exact) mass is 325 g/mol. The molecule has 118 valence electrons. The van der Waals surface area contributed by atoms with E-state index in [0.717, 1.165) is 6.20 Å². The smallest absolute Gasteiger partial charge is 0.342 e. The average molecular weight is 325 g/mol. The van der Waals surface area contributed by atoms with Gasteiger partial charge in [0.05, 0.1) is 19.9 Å². The summed E-state index contributed by atoms with van der Waals surface area (Å²) in [6.45, 7) is 1.76. The van der Waals surface area contributed by atoms with Crippen LogP contribution in [0.1, 0.15) is 17.3 Å². The van der Waals surface area contributed by atoms with Crippen molar-refractivity contribution < 1.29 is 22.7 Å². The lowest BCUT2D eigenvalue weighted by Crippen LogP contribution is -2.17. The number of esters is 1. The largest absolute Gasteiger partial charge is 0.497 e. The molecule has 0 spiro atoms. The lowest BCUT2D eigenvalue weighted by Gasteiger charge is -2.08. The van der Waals surface area contributed by atoms with Gasteiger partial charge in [0.1, 0.15) is 11.3 Å². The van der Waals surface area contributed by atoms with Gasteiger partial charge in [-0.1, -0.05) is 0 Å². The third-order valence-electron chi connectivity index (χ3n) is 2.71. The van der Waals surface area contributed by atoms with Gasteiger partial charge in [0.2, 0.25) is 0 Å². The number of aromatic nitrogens is 2. The van der Waals surface area contributed by atoms with Gasteiger partial charge in [0.15, 0.2) is 5.03 Å². The van der Waals surface area contributed by atoms with Crippen molar-refractivity contribution in [2.75, 3.05) is 18.4 Å². The fourth-order valence-corrected chi connectivity index (χ4v) is 2.85. The molecule has 0 aliphatic carbocycles. The zero-order valence-corrected chi connectivity index (χ0v) is 12.8. The highest BCUT2D eigenvalue weighted by Crippen LogP contribution is 2.20. The fraction of sp³-hybridized carbons (Fsp3) is 0.231. The summed E-state index contributed by atoms with van der Waals surface area (Å²) in [4.78, 5) is 11.7. The molecule has 0 aliphatic rings. The number of nitrogens with zero attached hydrogens (tertiary/aromatic N) is 1. The summed E-state index contributed by atoms with van der Waals surface area (Å²) in [7, 11) is -2.48. The Kier molecular flexibility index (Phi) is 4.66. The van der Waals surface area contributed by atoms with Gasteiger partial charge in [-0.05, 0) is 31.2 Å². The first-order chi connectivity index (χ1) is 10.5. The molecule has 2 N–H and O–H groups in total. The van der Waals surface area contributed by atoms with Crippen molar-refractivity contribution in [3.63, 3.8) is 0 Å². The molecule has 0 saturated carbocycles. The molecule has 0 saturated heterocycles. The minimum atomic E-state index is -3.99. The summed E-state index contributed by atoms with van der Waals surface area (Å²) in [5.74, 6) is -0.164. The van der Waals surface area contributed by atoms with Crippen LogP contribution < -0.4 is 9.46 Å². The van der Waals surface area contributed by atoms with Gasteiger partial charge in [-0.25, -0.2) is 4.79 Å². The van der Waals surface area contributed by atoms with Gasteiger partial charge in [0, 0.05) is 5.69 Å². The van der Waals surface area contributed by atoms with Crippen LogP contribution in [0.25, 0.3) is 0 Å². The molecule has 8 nitrogen and oxygen atoms in total. The van der Waals surface area contributed by atoms with E-state index in [9.17, 15) is 13.2 Å². The van der Waals surface area contributed by atoms with Crippen molar-refractivity contribution in [3.8, 4) is 5.75 Å². The fourth-order valence-electron chi connectivity index (χ4n) is 1.70. The second kappa shape index (κ2) is 6.48. The minimum Gasteiger partial charge on any atom is -0.497 e. The number of hydrogen-bond acceptors (Lipinski definition) is 6. The van der Waals surface area contributed by atoms with E-state index < -0.39 is 16.0 Å². The van der Waals surface area contributed by atoms with Gasteiger partial charge in [-0.2, -0.15) is 13.5 Å². The maximum Gasteiger partial charge on any atom is 0.342 e. The normalized spacial score (nSPS) is 11.0. The number of H-pyrrole nitrogens is 1. The molecule has 0 radical (unpaired) electrons. The van der Waals surface area contributed by atoms with Gasteiger partial charge in [-0.3, -0.25) is 9.82 Å². The van der Waals surface area contributed by atoms with E-state index >= 15 is 0 Å². The molecule has 22 heavy (non-hydrogen) atoms. The quantitative estimate of drug-likeness (QED) is 0.777. The predicted molar refractivity (Wildman–Crippen MR) is 78.3 cm³/mol. The van der Waals surface area contributed by atoms with Crippen molar-refractivity contribution in [1.29, 1.82) is 0 Å². The topological polar surface area (TPSA) is 110 Å². The first kappa shape index (κ1) is 15.8. The van der Waals surface area contributed by atoms with Crippen LogP contribution in [-0.4, -0.2) is 38.3 Å². The van der Waals surface area contributed by atoms with E-state index in [2.05, 4.69) is 14.9 Å². The first-order valence-electron chi connectivity index (χ1n) is 6.35. The van der Waals surface area contributed by atoms with Crippen molar-refractivity contribution >= 4 is 21.7 Å². The van der Waals surface area contributed by atoms with E-state index in [4.69, 9.17) is 9.47 Å². The molecule has 0 bridgehead atoms. The van der Waals surface area contributed by atoms with Crippen LogP contribution in [-0.2, 0) is 14.8 Å². The molecule has 0 amide bonds. The summed E-state index contributed by atoms with van der Waals surface area (Å²) in [5.41, 5.74) is 0.174. The van der Waals surface area contributed by atoms with Gasteiger partial charge >= 0.3 is 5.97 Å². The van der Waals surface area contributed by atoms with Crippen LogP contribution in [0.15, 0.2) is 35.5 Å². The molecule has 0 unspecified atom stereocenters. The van der Waals surface area contributed by atoms with E-state index in [0.29, 0.717) is 11.4 Å². The summed E-state index contributed by atoms with van der Waals surface area (Å²) in [6, 6.07) is 6.29. The molecule has 1 aromatic heterocycles. The van der Waals surface area contributed by atoms with Gasteiger partial charge in [-0.15, -0.1) is 0 Å². The lowest BCUT2D eigenvalue weighted by atomic mass is 10.3. The Labute approximate surface area is 127 Å². The molecule has 1 aromatic carbocycles. The average Bonchev–Trinajstić information content (AvgIpc) is 2.98. The molecule has 2 rings (SSSR count). The molecule has 2 aromatic rings. The van der Waals surface area contributed by atoms with E-state index in [1.165, 1.54) is 19.2 Å². The van der Waals surface area contributed by atoms with Crippen LogP contribution in [0, 0.1) is 0 Å². The number of rotatable bonds is 6. The molecule has 0 aliphatic heterocycles. The molecule has 0 fully saturated rings. The number of carbonyl (C=O) groups excluding carboxylic acids is 1. The Morgan fingerprint density at radius 3 is 2.59 bits per heavy atom. The van der Waals surface area contributed by atoms with Gasteiger partial charge < -0.3 is 9.47 Å². The second-order valence-electron chi connectivity index (χ2n) is 4.17. The Balaban J connectivity index is 2.27. The Morgan fingerprint density at radius 1 is 1.32 bits per heavy atom. The number of methoxy groups -OCH3 is 1. The third kappa shape index (κ3) is 3.37. The number of sulfonamides is 1. The Hall–Kier alpha value is -2.55. The Bertz CT molecular complexity index is 752. The van der Waals surface area contributed by atoms with Crippen LogP contribution >= 0.6 is 0 Å². The van der Waals surface area contributed by atoms with Crippen LogP contribution in [0.5, 0.6) is 5.75 Å². The highest BCUT2D eigenvalue weighted by Gasteiger charge is 2.26. The highest BCUT2D eigenvalue weighted by atomic mass is 32.2. The zero-order valence-electron chi connectivity index (χ0n) is 12.0. The molecule has 0 atom stereocenters. The summed E-state index contributed by atoms with van der Waals surface area (Å²) < 4.78 is 36.8. The first-order valence-corrected chi connectivity index (χ1v) is 7.83. The minimum absolute atomic E-state index is 0.134. The van der Waals surface area contributed by atoms with Crippen molar-refractivity contribution in [2.24, 2.45) is 0 Å². The molecule has 9 heteroatoms. The predicted octanol–water partition coefficient (Wildman–Crippen LogP) is 1.40. The number of hydrogen-bond donors (Lipinski definition) is 2. The van der Waals surface area contributed by atoms with Crippen LogP contribution in [0.3, 0.4) is 0 Å². The molecular weight excluding hydrogens is 310 g/mol. The molecule has 1 heterocycles. The standard InChI is InChI=1S/C13H15N3O5S/c1-3-21-13(17)11-8-14-15-12(11)22(18,19)16-9-4-6-10(20-2)7-5-9/h4-8,16H,3H2,1-2H3,(H,14,15). The van der Waals surface area contributed by atoms with Crippen molar-refractivity contribution in [2.45, 2.75) is 11.9 Å². The maximum absolute atomic E-state index is 12.3. The number of ether oxygens (including phenoxy) is 2. The van der Waals surface area contributed by atoms with Crippen LogP contribution in [0.4, 0.5) is 5.69 Å². The number of benzene rings is 1. The number of aromatic amines is 1. The van der Waals surface area contributed by atoms with Crippen LogP contribution in [0.2, 0.25) is 0 Å². The zero-order chi connectivity index (χ0) is 16.2. The van der Waals surface area contributed by atoms with Crippen molar-refractivity contribution in [3.05, 3.63) is 36.0 Å². The highest BCUT2D eigenvalue weighted by molar-refractivity contribution is 7.92. The van der Waals surface area contributed by atoms with Gasteiger partial charge in [0.25, 0.3) is 10.0 Å². The maximum atomic E-state index is 12.3. The third-order valence-corrected chi connectivity index (χ3v) is 4.06. The number of nitrogens with one attached hydrogen (secondary N) is 2. The lowest BCUT2D eigenvalue weighted by molar-refractivity contribution is 0.0522. The second-order valence-corrected chi connectivity index (χ2v) is 5.79. The van der Waals surface area contributed by atoms with E-state index in [1.807, 2.05) is 0 Å². The van der Waals surface area contributed by atoms with E-state index in [-0.39, 0.29) is 17.2 Å². The summed E-state index contributed by atoms with van der Waals surface area (Å²) in [5, 5.41) is 5.55. The Morgan fingerprint density at radius 2 is 2.00 bits per heavy atom. The SMILES string of the molecule is CCOC(=O)c1cn[nH]c1S(=O)(=O)Nc1ccc(OC)cc1. The summed E-state index contributed by atoms with van der Waals surface area (Å²) >= 11 is 0. The van der Waals surface area contributed by atoms with Crippen molar-refractivity contribution in [1.82, 2.24) is 10.2 Å². The van der Waals surface area contributed by atoms with E-state index in [1.54, 1.807) is 19.1 Å².